The molecule has 10 heteroatoms. The second-order valence-corrected chi connectivity index (χ2v) is 16.5. The third-order valence-corrected chi connectivity index (χ3v) is 13.4. The van der Waals surface area contributed by atoms with Crippen LogP contribution < -0.4 is 10.1 Å². The number of piperidine rings is 1. The first-order valence-corrected chi connectivity index (χ1v) is 19.5. The fourth-order valence-corrected chi connectivity index (χ4v) is 10.1. The van der Waals surface area contributed by atoms with Gasteiger partial charge >= 0.3 is 0 Å². The normalized spacial score (nSPS) is 25.4. The Hall–Kier alpha value is -2.50. The summed E-state index contributed by atoms with van der Waals surface area (Å²) in [6.45, 7) is 11.9. The third kappa shape index (κ3) is 8.99. The van der Waals surface area contributed by atoms with Crippen LogP contribution in [0.5, 0.6) is 5.75 Å². The fraction of sp³-hybridized carbons (Fsp3) is 0.658. The highest BCUT2D eigenvalue weighted by Crippen LogP contribution is 2.40. The number of amides is 1. The molecule has 2 aromatic rings. The van der Waals surface area contributed by atoms with E-state index < -0.39 is 16.1 Å². The minimum Gasteiger partial charge on any atom is -0.497 e. The Morgan fingerprint density at radius 2 is 1.65 bits per heavy atom. The zero-order chi connectivity index (χ0) is 34.3. The minimum absolute atomic E-state index is 0.0413. The molecule has 0 radical (unpaired) electrons. The standard InChI is InChI=1S/C38H58N4O5S/c1-29-24-35(46-5)25-30(2)36(29)48(44,45)42-19-9-12-34(27-42)28-47-31(3)37(43)39-26-33-14-17-38(18-15-33,41-22-20-40(4)21-23-41)16-13-32-10-7-6-8-11-32/h6-8,10-11,24-25,31,33-34H,9,12-23,26-28H2,1-5H3,(H,39,43). The summed E-state index contributed by atoms with van der Waals surface area (Å²) in [5, 5.41) is 3.19. The summed E-state index contributed by atoms with van der Waals surface area (Å²) < 4.78 is 40.3. The van der Waals surface area contributed by atoms with Gasteiger partial charge in [-0.2, -0.15) is 4.31 Å². The SMILES string of the molecule is COc1cc(C)c(S(=O)(=O)N2CCCC(COC(C)C(=O)NCC3CCC(CCc4ccccc4)(N4CCN(C)CC4)CC3)C2)c(C)c1. The molecular formula is C38H58N4O5S. The maximum atomic E-state index is 13.7. The highest BCUT2D eigenvalue weighted by Gasteiger charge is 2.41. The quantitative estimate of drug-likeness (QED) is 0.317. The summed E-state index contributed by atoms with van der Waals surface area (Å²) in [4.78, 5) is 18.7. The molecule has 0 aromatic heterocycles. The number of hydrogen-bond acceptors (Lipinski definition) is 7. The van der Waals surface area contributed by atoms with Crippen LogP contribution in [0.3, 0.4) is 0 Å². The number of aryl methyl sites for hydroxylation is 3. The summed E-state index contributed by atoms with van der Waals surface area (Å²) in [5.74, 6) is 1.09. The van der Waals surface area contributed by atoms with Crippen molar-refractivity contribution in [2.75, 3.05) is 66.6 Å². The van der Waals surface area contributed by atoms with Gasteiger partial charge in [0.05, 0.1) is 18.6 Å². The van der Waals surface area contributed by atoms with Gasteiger partial charge in [0.2, 0.25) is 15.9 Å². The molecule has 1 aliphatic carbocycles. The van der Waals surface area contributed by atoms with Crippen LogP contribution in [-0.4, -0.2) is 107 Å². The smallest absolute Gasteiger partial charge is 0.248 e. The van der Waals surface area contributed by atoms with Gasteiger partial charge in [0.25, 0.3) is 0 Å². The highest BCUT2D eigenvalue weighted by atomic mass is 32.2. The number of piperazine rings is 1. The van der Waals surface area contributed by atoms with E-state index in [4.69, 9.17) is 9.47 Å². The topological polar surface area (TPSA) is 91.4 Å². The maximum absolute atomic E-state index is 13.7. The molecule has 2 saturated heterocycles. The van der Waals surface area contributed by atoms with Gasteiger partial charge in [0, 0.05) is 51.4 Å². The Bertz CT molecular complexity index is 1430. The van der Waals surface area contributed by atoms with Crippen LogP contribution in [0.2, 0.25) is 0 Å². The van der Waals surface area contributed by atoms with Gasteiger partial charge in [-0.25, -0.2) is 8.42 Å². The van der Waals surface area contributed by atoms with Crippen molar-refractivity contribution in [2.24, 2.45) is 11.8 Å². The third-order valence-electron chi connectivity index (χ3n) is 11.2. The lowest BCUT2D eigenvalue weighted by Gasteiger charge is -2.51. The number of ether oxygens (including phenoxy) is 2. The van der Waals surface area contributed by atoms with Gasteiger partial charge in [-0.3, -0.25) is 9.69 Å². The Labute approximate surface area is 289 Å². The van der Waals surface area contributed by atoms with Crippen molar-refractivity contribution in [1.82, 2.24) is 19.4 Å². The van der Waals surface area contributed by atoms with Crippen LogP contribution >= 0.6 is 0 Å². The molecule has 2 aromatic carbocycles. The van der Waals surface area contributed by atoms with Gasteiger partial charge in [-0.1, -0.05) is 30.3 Å². The lowest BCUT2D eigenvalue weighted by Crippen LogP contribution is -2.58. The second kappa shape index (κ2) is 16.5. The van der Waals surface area contributed by atoms with Gasteiger partial charge in [0.15, 0.2) is 0 Å². The zero-order valence-electron chi connectivity index (χ0n) is 29.9. The van der Waals surface area contributed by atoms with Crippen LogP contribution in [-0.2, 0) is 26.0 Å². The minimum atomic E-state index is -3.66. The Balaban J connectivity index is 1.08. The summed E-state index contributed by atoms with van der Waals surface area (Å²) in [6, 6.07) is 14.4. The van der Waals surface area contributed by atoms with Gasteiger partial charge < -0.3 is 19.7 Å². The number of likely N-dealkylation sites (N-methyl/N-ethyl adjacent to an activating group) is 1. The maximum Gasteiger partial charge on any atom is 0.248 e. The molecule has 1 saturated carbocycles. The summed E-state index contributed by atoms with van der Waals surface area (Å²) in [5.41, 5.74) is 3.02. The molecule has 2 aliphatic heterocycles. The van der Waals surface area contributed by atoms with Crippen LogP contribution in [0.15, 0.2) is 47.4 Å². The van der Waals surface area contributed by atoms with E-state index in [0.29, 0.717) is 53.9 Å². The van der Waals surface area contributed by atoms with Crippen LogP contribution in [0, 0.1) is 25.7 Å². The van der Waals surface area contributed by atoms with E-state index in [0.717, 1.165) is 58.3 Å². The predicted octanol–water partition coefficient (Wildman–Crippen LogP) is 5.04. The van der Waals surface area contributed by atoms with Crippen molar-refractivity contribution in [3.8, 4) is 5.75 Å². The lowest BCUT2D eigenvalue weighted by atomic mass is 9.72. The Morgan fingerprint density at radius 3 is 2.29 bits per heavy atom. The van der Waals surface area contributed by atoms with Gasteiger partial charge in [-0.15, -0.1) is 0 Å². The lowest BCUT2D eigenvalue weighted by molar-refractivity contribution is -0.133. The van der Waals surface area contributed by atoms with E-state index in [1.807, 2.05) is 13.8 Å². The number of carbonyl (C=O) groups is 1. The van der Waals surface area contributed by atoms with E-state index in [-0.39, 0.29) is 17.4 Å². The number of hydrogen-bond donors (Lipinski definition) is 1. The molecule has 0 spiro atoms. The van der Waals surface area contributed by atoms with Crippen molar-refractivity contribution in [1.29, 1.82) is 0 Å². The summed E-state index contributed by atoms with van der Waals surface area (Å²) >= 11 is 0. The number of nitrogens with one attached hydrogen (secondary N) is 1. The van der Waals surface area contributed by atoms with E-state index in [1.54, 1.807) is 30.5 Å². The molecule has 3 fully saturated rings. The van der Waals surface area contributed by atoms with E-state index in [9.17, 15) is 13.2 Å². The molecule has 2 atom stereocenters. The van der Waals surface area contributed by atoms with Gasteiger partial charge in [0.1, 0.15) is 11.9 Å². The van der Waals surface area contributed by atoms with E-state index in [2.05, 4.69) is 52.5 Å². The molecule has 2 heterocycles. The number of rotatable bonds is 13. The number of benzene rings is 2. The molecule has 3 aliphatic rings. The molecular weight excluding hydrogens is 625 g/mol. The summed E-state index contributed by atoms with van der Waals surface area (Å²) in [7, 11) is 0.150. The van der Waals surface area contributed by atoms with Crippen molar-refractivity contribution < 1.29 is 22.7 Å². The average molecular weight is 683 g/mol. The molecule has 266 valence electrons. The number of sulfonamides is 1. The largest absolute Gasteiger partial charge is 0.497 e. The summed E-state index contributed by atoms with van der Waals surface area (Å²) in [6.07, 6.45) is 7.94. The first-order valence-electron chi connectivity index (χ1n) is 18.0. The first-order chi connectivity index (χ1) is 23.0. The van der Waals surface area contributed by atoms with Crippen molar-refractivity contribution >= 4 is 15.9 Å². The van der Waals surface area contributed by atoms with Crippen LogP contribution in [0.25, 0.3) is 0 Å². The Kier molecular flexibility index (Phi) is 12.6. The zero-order valence-corrected chi connectivity index (χ0v) is 30.7. The molecule has 5 rings (SSSR count). The number of carbonyl (C=O) groups excluding carboxylic acids is 1. The monoisotopic (exact) mass is 682 g/mol. The molecule has 48 heavy (non-hydrogen) atoms. The van der Waals surface area contributed by atoms with Crippen LogP contribution in [0.1, 0.15) is 68.6 Å². The predicted molar refractivity (Wildman–Crippen MR) is 191 cm³/mol. The van der Waals surface area contributed by atoms with E-state index >= 15 is 0 Å². The molecule has 1 N–H and O–H groups in total. The van der Waals surface area contributed by atoms with Crippen LogP contribution in [0.4, 0.5) is 0 Å². The van der Waals surface area contributed by atoms with Crippen molar-refractivity contribution in [3.05, 3.63) is 59.2 Å². The van der Waals surface area contributed by atoms with Gasteiger partial charge in [-0.05, 0) is 120 Å². The first kappa shape index (κ1) is 36.8. The highest BCUT2D eigenvalue weighted by molar-refractivity contribution is 7.89. The Morgan fingerprint density at radius 1 is 0.979 bits per heavy atom. The van der Waals surface area contributed by atoms with E-state index in [1.165, 1.54) is 24.8 Å². The number of nitrogens with zero attached hydrogens (tertiary/aromatic N) is 3. The van der Waals surface area contributed by atoms with Crippen molar-refractivity contribution in [2.45, 2.75) is 88.7 Å². The average Bonchev–Trinajstić information content (AvgIpc) is 3.09. The number of methoxy groups -OCH3 is 1. The molecule has 0 bridgehead atoms. The molecule has 1 amide bonds. The van der Waals surface area contributed by atoms with Crippen molar-refractivity contribution in [3.63, 3.8) is 0 Å². The molecule has 9 nitrogen and oxygen atoms in total. The fourth-order valence-electron chi connectivity index (χ4n) is 8.14. The molecule has 2 unspecified atom stereocenters. The second-order valence-electron chi connectivity index (χ2n) is 14.6.